The third kappa shape index (κ3) is 2.76. The van der Waals surface area contributed by atoms with E-state index in [1.165, 1.54) is 29.7 Å². The van der Waals surface area contributed by atoms with Crippen molar-refractivity contribution in [2.75, 3.05) is 5.73 Å². The summed E-state index contributed by atoms with van der Waals surface area (Å²) in [5, 5.41) is 18.3. The molecule has 6 rings (SSSR count). The highest BCUT2D eigenvalue weighted by molar-refractivity contribution is 5.76. The van der Waals surface area contributed by atoms with Crippen LogP contribution in [0.1, 0.15) is 110 Å². The van der Waals surface area contributed by atoms with Gasteiger partial charge in [-0.25, -0.2) is 0 Å². The van der Waals surface area contributed by atoms with E-state index < -0.39 is 11.4 Å². The summed E-state index contributed by atoms with van der Waals surface area (Å²) in [5.74, 6) is 1.99. The fourth-order valence-electron chi connectivity index (χ4n) is 10.6. The Morgan fingerprint density at radius 1 is 1.11 bits per heavy atom. The Labute approximate surface area is 210 Å². The van der Waals surface area contributed by atoms with Crippen molar-refractivity contribution in [1.29, 1.82) is 0 Å². The summed E-state index contributed by atoms with van der Waals surface area (Å²) in [4.78, 5) is 12.8. The molecule has 0 spiro atoms. The zero-order valence-corrected chi connectivity index (χ0v) is 22.6. The van der Waals surface area contributed by atoms with Crippen LogP contribution in [0, 0.1) is 44.8 Å². The van der Waals surface area contributed by atoms with Crippen LogP contribution >= 0.6 is 0 Å². The lowest BCUT2D eigenvalue weighted by Gasteiger charge is -2.69. The van der Waals surface area contributed by atoms with Crippen molar-refractivity contribution in [2.24, 2.45) is 44.8 Å². The van der Waals surface area contributed by atoms with E-state index in [9.17, 15) is 9.90 Å². The summed E-state index contributed by atoms with van der Waals surface area (Å²) >= 11 is 0. The second-order valence-corrected chi connectivity index (χ2v) is 14.7. The molecule has 5 heteroatoms. The van der Waals surface area contributed by atoms with Gasteiger partial charge in [0.05, 0.1) is 11.1 Å². The third-order valence-corrected chi connectivity index (χ3v) is 12.9. The number of anilines is 1. The van der Waals surface area contributed by atoms with E-state index in [0.29, 0.717) is 17.8 Å². The van der Waals surface area contributed by atoms with Gasteiger partial charge in [0, 0.05) is 11.5 Å². The molecule has 0 saturated heterocycles. The first-order valence-corrected chi connectivity index (χ1v) is 14.1. The Morgan fingerprint density at radius 2 is 1.83 bits per heavy atom. The van der Waals surface area contributed by atoms with Gasteiger partial charge in [0.2, 0.25) is 0 Å². The van der Waals surface area contributed by atoms with Gasteiger partial charge in [-0.3, -0.25) is 9.89 Å². The maximum atomic E-state index is 12.8. The van der Waals surface area contributed by atoms with Gasteiger partial charge < -0.3 is 10.8 Å². The molecule has 3 saturated carbocycles. The van der Waals surface area contributed by atoms with Gasteiger partial charge in [-0.2, -0.15) is 5.10 Å². The number of hydrogen-bond acceptors (Lipinski definition) is 3. The maximum Gasteiger partial charge on any atom is 0.310 e. The van der Waals surface area contributed by atoms with Crippen LogP contribution in [0.2, 0.25) is 0 Å². The maximum absolute atomic E-state index is 12.8. The fourth-order valence-corrected chi connectivity index (χ4v) is 10.6. The first-order valence-electron chi connectivity index (χ1n) is 14.1. The molecular weight excluding hydrogens is 434 g/mol. The molecule has 1 aromatic heterocycles. The van der Waals surface area contributed by atoms with Crippen LogP contribution in [-0.2, 0) is 11.2 Å². The van der Waals surface area contributed by atoms with E-state index in [-0.39, 0.29) is 27.6 Å². The summed E-state index contributed by atoms with van der Waals surface area (Å²) in [7, 11) is 0. The van der Waals surface area contributed by atoms with Crippen LogP contribution in [-0.4, -0.2) is 21.3 Å². The van der Waals surface area contributed by atoms with Crippen molar-refractivity contribution in [2.45, 2.75) is 105 Å². The molecule has 8 atom stereocenters. The molecule has 1 heterocycles. The predicted molar refractivity (Wildman–Crippen MR) is 139 cm³/mol. The van der Waals surface area contributed by atoms with Crippen LogP contribution in [0.5, 0.6) is 0 Å². The fraction of sp³-hybridized carbons (Fsp3) is 0.800. The number of nitrogens with zero attached hydrogens (tertiary/aromatic N) is 1. The third-order valence-electron chi connectivity index (χ3n) is 12.9. The molecule has 192 valence electrons. The summed E-state index contributed by atoms with van der Waals surface area (Å²) < 4.78 is 0. The molecule has 0 amide bonds. The number of rotatable bonds is 1. The Bertz CT molecular complexity index is 1120. The monoisotopic (exact) mass is 479 g/mol. The standard InChI is InChI=1S/C30H45N3O2/c1-17-19-9-10-29(6)22(27(19,4)15-18-23(17)32-33-24(18)31)8-7-20-21-16-26(2,3)11-13-30(21,25(34)35)14-12-28(20,29)5/h7,17,19,21-22H,8-16H2,1-6H3,(H,34,35)(H3,31,32,33). The second-order valence-electron chi connectivity index (χ2n) is 14.7. The van der Waals surface area contributed by atoms with Crippen molar-refractivity contribution >= 4 is 11.8 Å². The number of aromatic amines is 1. The lowest BCUT2D eigenvalue weighted by Crippen LogP contribution is -2.63. The normalized spacial score (nSPS) is 47.9. The quantitative estimate of drug-likeness (QED) is 0.390. The number of allylic oxidation sites excluding steroid dienone is 2. The number of aromatic nitrogens is 2. The van der Waals surface area contributed by atoms with Crippen LogP contribution in [0.15, 0.2) is 11.6 Å². The molecule has 0 bridgehead atoms. The average Bonchev–Trinajstić information content (AvgIpc) is 3.14. The van der Waals surface area contributed by atoms with E-state index in [1.54, 1.807) is 0 Å². The SMILES string of the molecule is CC1c2n[nH]c(N)c2CC2(C)C1CCC1(C)C2CC=C2C3CC(C)(C)CCC3(C(=O)O)CCC21C. The minimum atomic E-state index is -0.565. The summed E-state index contributed by atoms with van der Waals surface area (Å²) in [6.07, 6.45) is 11.8. The summed E-state index contributed by atoms with van der Waals surface area (Å²) in [5.41, 5.74) is 10.4. The molecule has 0 aliphatic heterocycles. The molecule has 1 aromatic rings. The van der Waals surface area contributed by atoms with E-state index in [0.717, 1.165) is 50.8 Å². The molecule has 4 N–H and O–H groups in total. The molecule has 3 fully saturated rings. The summed E-state index contributed by atoms with van der Waals surface area (Å²) in [6, 6.07) is 0. The van der Waals surface area contributed by atoms with E-state index >= 15 is 0 Å². The number of hydrogen-bond donors (Lipinski definition) is 3. The van der Waals surface area contributed by atoms with Crippen LogP contribution in [0.4, 0.5) is 5.82 Å². The van der Waals surface area contributed by atoms with Gasteiger partial charge in [0.1, 0.15) is 5.82 Å². The molecule has 0 aromatic carbocycles. The first-order chi connectivity index (χ1) is 16.3. The van der Waals surface area contributed by atoms with Crippen molar-refractivity contribution in [3.05, 3.63) is 22.9 Å². The Kier molecular flexibility index (Phi) is 4.69. The zero-order chi connectivity index (χ0) is 25.2. The van der Waals surface area contributed by atoms with Crippen LogP contribution in [0.25, 0.3) is 0 Å². The molecule has 0 radical (unpaired) electrons. The van der Waals surface area contributed by atoms with Crippen LogP contribution in [0.3, 0.4) is 0 Å². The number of nitrogen functional groups attached to an aromatic ring is 1. The van der Waals surface area contributed by atoms with E-state index in [4.69, 9.17) is 5.73 Å². The minimum absolute atomic E-state index is 0.0619. The number of carboxylic acid groups (broad SMARTS) is 1. The molecular formula is C30H45N3O2. The Balaban J connectivity index is 1.46. The molecule has 5 nitrogen and oxygen atoms in total. The lowest BCUT2D eigenvalue weighted by atomic mass is 9.34. The highest BCUT2D eigenvalue weighted by Gasteiger charge is 2.68. The van der Waals surface area contributed by atoms with Crippen molar-refractivity contribution in [3.8, 4) is 0 Å². The minimum Gasteiger partial charge on any atom is -0.481 e. The zero-order valence-electron chi connectivity index (χ0n) is 22.6. The Hall–Kier alpha value is -1.78. The number of nitrogens with one attached hydrogen (secondary N) is 1. The number of carboxylic acids is 1. The van der Waals surface area contributed by atoms with Crippen LogP contribution < -0.4 is 5.73 Å². The van der Waals surface area contributed by atoms with Crippen molar-refractivity contribution < 1.29 is 9.90 Å². The average molecular weight is 480 g/mol. The van der Waals surface area contributed by atoms with Gasteiger partial charge in [0.15, 0.2) is 0 Å². The predicted octanol–water partition coefficient (Wildman–Crippen LogP) is 6.72. The summed E-state index contributed by atoms with van der Waals surface area (Å²) in [6.45, 7) is 14.7. The van der Waals surface area contributed by atoms with Gasteiger partial charge in [-0.1, -0.05) is 53.2 Å². The first kappa shape index (κ1) is 23.6. The van der Waals surface area contributed by atoms with E-state index in [2.05, 4.69) is 57.8 Å². The van der Waals surface area contributed by atoms with Gasteiger partial charge in [0.25, 0.3) is 0 Å². The number of carbonyl (C=O) groups is 1. The van der Waals surface area contributed by atoms with Gasteiger partial charge in [-0.15, -0.1) is 0 Å². The van der Waals surface area contributed by atoms with Gasteiger partial charge in [-0.05, 0) is 97.2 Å². The molecule has 5 aliphatic rings. The Morgan fingerprint density at radius 3 is 2.54 bits per heavy atom. The van der Waals surface area contributed by atoms with Gasteiger partial charge >= 0.3 is 5.97 Å². The lowest BCUT2D eigenvalue weighted by molar-refractivity contribution is -0.174. The smallest absolute Gasteiger partial charge is 0.310 e. The molecule has 5 aliphatic carbocycles. The number of nitrogens with two attached hydrogens (primary N) is 1. The molecule has 35 heavy (non-hydrogen) atoms. The van der Waals surface area contributed by atoms with Crippen molar-refractivity contribution in [1.82, 2.24) is 10.2 Å². The molecule has 8 unspecified atom stereocenters. The number of H-pyrrole nitrogens is 1. The largest absolute Gasteiger partial charge is 0.481 e. The number of fused-ring (bicyclic) bond motifs is 8. The topological polar surface area (TPSA) is 92.0 Å². The highest BCUT2D eigenvalue weighted by atomic mass is 16.4. The number of aliphatic carboxylic acids is 1. The highest BCUT2D eigenvalue weighted by Crippen LogP contribution is 2.75. The van der Waals surface area contributed by atoms with Crippen molar-refractivity contribution in [3.63, 3.8) is 0 Å². The van der Waals surface area contributed by atoms with E-state index in [1.807, 2.05) is 0 Å². The second kappa shape index (κ2) is 6.95.